The van der Waals surface area contributed by atoms with Crippen LogP contribution in [0.3, 0.4) is 0 Å². The van der Waals surface area contributed by atoms with Gasteiger partial charge in [-0.25, -0.2) is 4.79 Å². The van der Waals surface area contributed by atoms with Gasteiger partial charge < -0.3 is 14.4 Å². The topological polar surface area (TPSA) is 38.8 Å². The van der Waals surface area contributed by atoms with Crippen molar-refractivity contribution < 1.29 is 14.3 Å². The first-order valence-corrected chi connectivity index (χ1v) is 6.95. The number of allylic oxidation sites excluding steroid dienone is 2. The summed E-state index contributed by atoms with van der Waals surface area (Å²) in [6, 6.07) is 0. The molecule has 110 valence electrons. The molecule has 1 heterocycles. The Morgan fingerprint density at radius 1 is 1.60 bits per heavy atom. The van der Waals surface area contributed by atoms with Crippen molar-refractivity contribution in [1.82, 2.24) is 4.90 Å². The van der Waals surface area contributed by atoms with Gasteiger partial charge in [0.1, 0.15) is 6.23 Å². The molecule has 1 aliphatic heterocycles. The summed E-state index contributed by atoms with van der Waals surface area (Å²) in [6.07, 6.45) is 10.6. The Labute approximate surface area is 121 Å². The molecule has 0 aromatic heterocycles. The summed E-state index contributed by atoms with van der Waals surface area (Å²) >= 11 is 0. The summed E-state index contributed by atoms with van der Waals surface area (Å²) in [4.78, 5) is 13.9. The van der Waals surface area contributed by atoms with Crippen LogP contribution in [0.15, 0.2) is 23.4 Å². The van der Waals surface area contributed by atoms with Gasteiger partial charge in [-0.2, -0.15) is 0 Å². The van der Waals surface area contributed by atoms with Crippen LogP contribution in [-0.2, 0) is 14.3 Å². The van der Waals surface area contributed by atoms with Gasteiger partial charge in [-0.3, -0.25) is 0 Å². The van der Waals surface area contributed by atoms with Crippen molar-refractivity contribution in [2.45, 2.75) is 39.8 Å². The average Bonchev–Trinajstić information content (AvgIpc) is 2.43. The molecule has 4 heteroatoms. The third-order valence-corrected chi connectivity index (χ3v) is 3.26. The summed E-state index contributed by atoms with van der Waals surface area (Å²) in [7, 11) is 0. The molecule has 1 rings (SSSR count). The Morgan fingerprint density at radius 3 is 2.95 bits per heavy atom. The molecule has 0 fully saturated rings. The first kappa shape index (κ1) is 16.3. The number of esters is 1. The van der Waals surface area contributed by atoms with Crippen molar-refractivity contribution >= 4 is 5.97 Å². The number of hydrogen-bond acceptors (Lipinski definition) is 4. The lowest BCUT2D eigenvalue weighted by Gasteiger charge is -2.37. The predicted octanol–water partition coefficient (Wildman–Crippen LogP) is 2.47. The number of ether oxygens (including phenoxy) is 2. The number of terminal acetylenes is 1. The molecule has 0 saturated heterocycles. The van der Waals surface area contributed by atoms with E-state index in [1.54, 1.807) is 6.92 Å². The Morgan fingerprint density at radius 2 is 2.35 bits per heavy atom. The van der Waals surface area contributed by atoms with Crippen LogP contribution in [0.4, 0.5) is 0 Å². The van der Waals surface area contributed by atoms with Crippen LogP contribution in [0, 0.1) is 12.3 Å². The average molecular weight is 277 g/mol. The number of carbonyl (C=O) groups excluding carboxylic acids is 1. The summed E-state index contributed by atoms with van der Waals surface area (Å²) in [5.41, 5.74) is 1.56. The third kappa shape index (κ3) is 4.14. The highest BCUT2D eigenvalue weighted by molar-refractivity contribution is 5.89. The fraction of sp³-hybridized carbons (Fsp3) is 0.562. The minimum absolute atomic E-state index is 0.0829. The van der Waals surface area contributed by atoms with Crippen LogP contribution < -0.4 is 0 Å². The molecule has 0 amide bonds. The Bertz CT molecular complexity index is 431. The van der Waals surface area contributed by atoms with E-state index < -0.39 is 0 Å². The van der Waals surface area contributed by atoms with Crippen LogP contribution in [0.5, 0.6) is 0 Å². The van der Waals surface area contributed by atoms with Crippen LogP contribution >= 0.6 is 0 Å². The number of hydrogen-bond donors (Lipinski definition) is 0. The maximum atomic E-state index is 11.9. The Kier molecular flexibility index (Phi) is 6.89. The van der Waals surface area contributed by atoms with E-state index in [0.717, 1.165) is 12.1 Å². The molecular formula is C16H23NO3. The number of rotatable bonds is 6. The molecule has 0 N–H and O–H groups in total. The molecule has 0 aromatic carbocycles. The van der Waals surface area contributed by atoms with E-state index in [0.29, 0.717) is 31.8 Å². The van der Waals surface area contributed by atoms with Crippen molar-refractivity contribution in [3.8, 4) is 12.3 Å². The molecule has 1 aliphatic rings. The molecule has 0 radical (unpaired) electrons. The van der Waals surface area contributed by atoms with Gasteiger partial charge in [0.25, 0.3) is 0 Å². The van der Waals surface area contributed by atoms with Crippen LogP contribution in [-0.4, -0.2) is 36.9 Å². The molecule has 1 atom stereocenters. The van der Waals surface area contributed by atoms with Crippen LogP contribution in [0.2, 0.25) is 0 Å². The summed E-state index contributed by atoms with van der Waals surface area (Å²) < 4.78 is 10.9. The SMILES string of the molecule is C#CCN1C(C)=C(C(=O)OCC)CCC1OC/C=C/C. The molecule has 0 bridgehead atoms. The van der Waals surface area contributed by atoms with Gasteiger partial charge in [-0.1, -0.05) is 18.1 Å². The van der Waals surface area contributed by atoms with E-state index in [1.807, 2.05) is 30.9 Å². The minimum atomic E-state index is -0.251. The molecule has 4 nitrogen and oxygen atoms in total. The molecule has 0 saturated carbocycles. The lowest BCUT2D eigenvalue weighted by Crippen LogP contribution is -2.41. The van der Waals surface area contributed by atoms with Crippen molar-refractivity contribution in [3.63, 3.8) is 0 Å². The van der Waals surface area contributed by atoms with Crippen molar-refractivity contribution in [2.75, 3.05) is 19.8 Å². The van der Waals surface area contributed by atoms with E-state index in [2.05, 4.69) is 5.92 Å². The van der Waals surface area contributed by atoms with Gasteiger partial charge in [-0.15, -0.1) is 6.42 Å². The molecule has 0 aromatic rings. The zero-order valence-corrected chi connectivity index (χ0v) is 12.5. The van der Waals surface area contributed by atoms with E-state index in [9.17, 15) is 4.79 Å². The first-order valence-electron chi connectivity index (χ1n) is 6.95. The summed E-state index contributed by atoms with van der Waals surface area (Å²) in [6.45, 7) is 7.01. The van der Waals surface area contributed by atoms with E-state index in [4.69, 9.17) is 15.9 Å². The van der Waals surface area contributed by atoms with E-state index in [-0.39, 0.29) is 12.2 Å². The predicted molar refractivity (Wildman–Crippen MR) is 78.7 cm³/mol. The van der Waals surface area contributed by atoms with Crippen LogP contribution in [0.25, 0.3) is 0 Å². The number of carbonyl (C=O) groups is 1. The second-order valence-electron chi connectivity index (χ2n) is 4.51. The summed E-state index contributed by atoms with van der Waals surface area (Å²) in [5, 5.41) is 0. The Hall–Kier alpha value is -1.73. The molecule has 20 heavy (non-hydrogen) atoms. The van der Waals surface area contributed by atoms with Gasteiger partial charge in [-0.05, 0) is 33.6 Å². The highest BCUT2D eigenvalue weighted by Crippen LogP contribution is 2.28. The van der Waals surface area contributed by atoms with Gasteiger partial charge in [0.2, 0.25) is 0 Å². The monoisotopic (exact) mass is 277 g/mol. The van der Waals surface area contributed by atoms with Crippen molar-refractivity contribution in [2.24, 2.45) is 0 Å². The second-order valence-corrected chi connectivity index (χ2v) is 4.51. The normalized spacial score (nSPS) is 19.3. The highest BCUT2D eigenvalue weighted by Gasteiger charge is 2.29. The van der Waals surface area contributed by atoms with E-state index in [1.165, 1.54) is 0 Å². The minimum Gasteiger partial charge on any atom is -0.463 e. The second kappa shape index (κ2) is 8.44. The van der Waals surface area contributed by atoms with Crippen LogP contribution in [0.1, 0.15) is 33.6 Å². The quantitative estimate of drug-likeness (QED) is 0.425. The maximum Gasteiger partial charge on any atom is 0.335 e. The fourth-order valence-electron chi connectivity index (χ4n) is 2.22. The van der Waals surface area contributed by atoms with Gasteiger partial charge in [0.05, 0.1) is 25.3 Å². The smallest absolute Gasteiger partial charge is 0.335 e. The maximum absolute atomic E-state index is 11.9. The standard InChI is InChI=1S/C16H23NO3/c1-5-8-12-20-15-10-9-14(16(18)19-7-3)13(4)17(15)11-6-2/h2,5,8,15H,7,9-12H2,1,3-4H3/b8-5+. The highest BCUT2D eigenvalue weighted by atomic mass is 16.5. The zero-order chi connectivity index (χ0) is 15.0. The van der Waals surface area contributed by atoms with Gasteiger partial charge in [0, 0.05) is 5.70 Å². The lowest BCUT2D eigenvalue weighted by molar-refractivity contribution is -0.139. The molecule has 0 aliphatic carbocycles. The van der Waals surface area contributed by atoms with Crippen molar-refractivity contribution in [1.29, 1.82) is 0 Å². The summed E-state index contributed by atoms with van der Waals surface area (Å²) in [5.74, 6) is 2.37. The lowest BCUT2D eigenvalue weighted by atomic mass is 10.0. The first-order chi connectivity index (χ1) is 9.65. The van der Waals surface area contributed by atoms with Gasteiger partial charge in [0.15, 0.2) is 0 Å². The fourth-order valence-corrected chi connectivity index (χ4v) is 2.22. The zero-order valence-electron chi connectivity index (χ0n) is 12.5. The molecule has 0 spiro atoms. The molecular weight excluding hydrogens is 254 g/mol. The van der Waals surface area contributed by atoms with Gasteiger partial charge >= 0.3 is 5.97 Å². The van der Waals surface area contributed by atoms with E-state index >= 15 is 0 Å². The number of nitrogens with zero attached hydrogens (tertiary/aromatic N) is 1. The largest absolute Gasteiger partial charge is 0.463 e. The third-order valence-electron chi connectivity index (χ3n) is 3.26. The van der Waals surface area contributed by atoms with Crippen molar-refractivity contribution in [3.05, 3.63) is 23.4 Å². The Balaban J connectivity index is 2.86. The molecule has 1 unspecified atom stereocenters.